The fraction of sp³-hybridized carbons (Fsp3) is 0.304. The van der Waals surface area contributed by atoms with Crippen LogP contribution in [-0.4, -0.2) is 44.8 Å². The molecule has 9 nitrogen and oxygen atoms in total. The Morgan fingerprint density at radius 1 is 0.971 bits per heavy atom. The minimum atomic E-state index is -0.776. The van der Waals surface area contributed by atoms with Gasteiger partial charge in [0.15, 0.2) is 6.61 Å². The number of esters is 1. The van der Waals surface area contributed by atoms with E-state index < -0.39 is 23.3 Å². The summed E-state index contributed by atoms with van der Waals surface area (Å²) in [6.45, 7) is -0.588. The number of ketones is 1. The monoisotopic (exact) mass is 592 g/mol. The molecule has 0 N–H and O–H groups in total. The van der Waals surface area contributed by atoms with Crippen molar-refractivity contribution in [3.63, 3.8) is 0 Å². The molecule has 34 heavy (non-hydrogen) atoms. The number of anilines is 1. The maximum absolute atomic E-state index is 12.9. The van der Waals surface area contributed by atoms with Gasteiger partial charge in [0.1, 0.15) is 0 Å². The van der Waals surface area contributed by atoms with Gasteiger partial charge in [-0.2, -0.15) is 0 Å². The van der Waals surface area contributed by atoms with Crippen LogP contribution in [-0.2, 0) is 14.3 Å². The summed E-state index contributed by atoms with van der Waals surface area (Å²) in [4.78, 5) is 62.0. The van der Waals surface area contributed by atoms with E-state index >= 15 is 0 Å². The molecule has 2 aliphatic rings. The SMILES string of the molecule is O=C(COC(=O)c1ccc(N2C(=O)[C@@H]3C[C@@H](Br)[C@@H](Br)C[C@H]3C2=O)cc1)c1cccc([N+](=O)[O-])c1. The standard InChI is InChI=1S/C23H18Br2N2O7/c24-18-9-16-17(10-19(18)25)22(30)26(21(16)29)14-6-4-12(5-7-14)23(31)34-11-20(28)13-2-1-3-15(8-13)27(32)33/h1-8,16-19H,9-11H2/t16-,17-,18-,19+/m1/s1. The van der Waals surface area contributed by atoms with Gasteiger partial charge in [0.2, 0.25) is 17.6 Å². The number of nitro groups is 1. The van der Waals surface area contributed by atoms with Crippen LogP contribution in [0, 0.1) is 22.0 Å². The van der Waals surface area contributed by atoms with Gasteiger partial charge in [0, 0.05) is 27.4 Å². The van der Waals surface area contributed by atoms with Crippen molar-refractivity contribution in [1.82, 2.24) is 0 Å². The van der Waals surface area contributed by atoms with Crippen molar-refractivity contribution in [2.75, 3.05) is 11.5 Å². The number of hydrogen-bond donors (Lipinski definition) is 0. The molecule has 1 heterocycles. The number of rotatable bonds is 6. The number of amides is 2. The molecular formula is C23H18Br2N2O7. The van der Waals surface area contributed by atoms with Gasteiger partial charge in [-0.1, -0.05) is 44.0 Å². The Labute approximate surface area is 210 Å². The van der Waals surface area contributed by atoms with E-state index in [4.69, 9.17) is 4.74 Å². The zero-order valence-corrected chi connectivity index (χ0v) is 20.7. The average Bonchev–Trinajstić information content (AvgIpc) is 3.06. The smallest absolute Gasteiger partial charge is 0.338 e. The van der Waals surface area contributed by atoms with Crippen LogP contribution in [0.3, 0.4) is 0 Å². The highest BCUT2D eigenvalue weighted by Crippen LogP contribution is 2.44. The maximum Gasteiger partial charge on any atom is 0.338 e. The van der Waals surface area contributed by atoms with Gasteiger partial charge in [-0.3, -0.25) is 29.4 Å². The van der Waals surface area contributed by atoms with Crippen molar-refractivity contribution in [2.24, 2.45) is 11.8 Å². The highest BCUT2D eigenvalue weighted by atomic mass is 79.9. The molecule has 1 saturated carbocycles. The highest BCUT2D eigenvalue weighted by Gasteiger charge is 2.52. The molecule has 4 atom stereocenters. The summed E-state index contributed by atoms with van der Waals surface area (Å²) in [5, 5.41) is 10.9. The van der Waals surface area contributed by atoms with Crippen molar-refractivity contribution in [3.05, 3.63) is 69.8 Å². The van der Waals surface area contributed by atoms with Crippen LogP contribution in [0.25, 0.3) is 0 Å². The maximum atomic E-state index is 12.9. The largest absolute Gasteiger partial charge is 0.454 e. The molecule has 11 heteroatoms. The predicted octanol–water partition coefficient (Wildman–Crippen LogP) is 4.06. The fourth-order valence-corrected chi connectivity index (χ4v) is 5.42. The number of non-ortho nitro benzene ring substituents is 1. The summed E-state index contributed by atoms with van der Waals surface area (Å²) in [5.74, 6) is -2.62. The molecule has 2 fully saturated rings. The van der Waals surface area contributed by atoms with Crippen LogP contribution >= 0.6 is 31.9 Å². The fourth-order valence-electron chi connectivity index (χ4n) is 4.19. The number of carbonyl (C=O) groups excluding carboxylic acids is 4. The van der Waals surface area contributed by atoms with E-state index in [1.165, 1.54) is 47.4 Å². The van der Waals surface area contributed by atoms with Gasteiger partial charge in [-0.25, -0.2) is 4.79 Å². The second-order valence-electron chi connectivity index (χ2n) is 8.08. The van der Waals surface area contributed by atoms with Gasteiger partial charge in [-0.15, -0.1) is 0 Å². The number of carbonyl (C=O) groups is 4. The van der Waals surface area contributed by atoms with E-state index in [2.05, 4.69) is 31.9 Å². The summed E-state index contributed by atoms with van der Waals surface area (Å²) in [7, 11) is 0. The zero-order chi connectivity index (χ0) is 24.6. The summed E-state index contributed by atoms with van der Waals surface area (Å²) in [6, 6.07) is 11.0. The molecule has 0 radical (unpaired) electrons. The molecule has 4 rings (SSSR count). The van der Waals surface area contributed by atoms with E-state index in [1.807, 2.05) is 0 Å². The van der Waals surface area contributed by atoms with Gasteiger partial charge in [-0.05, 0) is 37.1 Å². The third kappa shape index (κ3) is 4.67. The highest BCUT2D eigenvalue weighted by molar-refractivity contribution is 9.12. The normalized spacial score (nSPS) is 24.0. The van der Waals surface area contributed by atoms with Gasteiger partial charge in [0.25, 0.3) is 5.69 Å². The molecule has 0 aromatic heterocycles. The summed E-state index contributed by atoms with van der Waals surface area (Å²) in [5.41, 5.74) is 0.317. The molecule has 1 aliphatic carbocycles. The summed E-state index contributed by atoms with van der Waals surface area (Å²) < 4.78 is 5.04. The first kappa shape index (κ1) is 24.2. The first-order valence-electron chi connectivity index (χ1n) is 10.4. The topological polar surface area (TPSA) is 124 Å². The molecular weight excluding hydrogens is 576 g/mol. The van der Waals surface area contributed by atoms with E-state index in [-0.39, 0.29) is 50.1 Å². The quantitative estimate of drug-likeness (QED) is 0.123. The molecule has 176 valence electrons. The Morgan fingerprint density at radius 2 is 1.56 bits per heavy atom. The van der Waals surface area contributed by atoms with Crippen molar-refractivity contribution in [1.29, 1.82) is 0 Å². The van der Waals surface area contributed by atoms with Crippen molar-refractivity contribution < 1.29 is 28.8 Å². The first-order chi connectivity index (χ1) is 16.2. The number of Topliss-reactive ketones (excluding diaryl/α,β-unsaturated/α-hetero) is 1. The lowest BCUT2D eigenvalue weighted by Crippen LogP contribution is -2.34. The second kappa shape index (κ2) is 9.75. The number of halogens is 2. The predicted molar refractivity (Wildman–Crippen MR) is 128 cm³/mol. The van der Waals surface area contributed by atoms with Crippen LogP contribution in [0.5, 0.6) is 0 Å². The zero-order valence-electron chi connectivity index (χ0n) is 17.6. The van der Waals surface area contributed by atoms with Gasteiger partial charge in [0.05, 0.1) is 28.0 Å². The minimum absolute atomic E-state index is 0.0568. The summed E-state index contributed by atoms with van der Waals surface area (Å²) in [6.07, 6.45) is 1.12. The number of benzene rings is 2. The third-order valence-electron chi connectivity index (χ3n) is 5.99. The number of ether oxygens (including phenoxy) is 1. The Balaban J connectivity index is 1.41. The molecule has 2 amide bonds. The van der Waals surface area contributed by atoms with Crippen LogP contribution in [0.15, 0.2) is 48.5 Å². The lowest BCUT2D eigenvalue weighted by molar-refractivity contribution is -0.384. The van der Waals surface area contributed by atoms with Crippen LogP contribution in [0.4, 0.5) is 11.4 Å². The first-order valence-corrected chi connectivity index (χ1v) is 12.2. The number of imide groups is 1. The van der Waals surface area contributed by atoms with Gasteiger partial charge < -0.3 is 4.74 Å². The van der Waals surface area contributed by atoms with E-state index in [0.717, 1.165) is 6.07 Å². The third-order valence-corrected chi connectivity index (χ3v) is 8.72. The molecule has 2 aromatic rings. The average molecular weight is 594 g/mol. The van der Waals surface area contributed by atoms with Crippen molar-refractivity contribution in [2.45, 2.75) is 22.5 Å². The minimum Gasteiger partial charge on any atom is -0.454 e. The van der Waals surface area contributed by atoms with E-state index in [0.29, 0.717) is 18.5 Å². The van der Waals surface area contributed by atoms with Gasteiger partial charge >= 0.3 is 5.97 Å². The number of nitrogens with zero attached hydrogens (tertiary/aromatic N) is 2. The van der Waals surface area contributed by atoms with Crippen LogP contribution in [0.2, 0.25) is 0 Å². The molecule has 2 aromatic carbocycles. The van der Waals surface area contributed by atoms with Crippen LogP contribution < -0.4 is 4.90 Å². The number of fused-ring (bicyclic) bond motifs is 1. The lowest BCUT2D eigenvalue weighted by Gasteiger charge is -2.29. The number of alkyl halides is 2. The Kier molecular flexibility index (Phi) is 6.94. The Morgan fingerprint density at radius 3 is 2.12 bits per heavy atom. The Hall–Kier alpha value is -2.92. The lowest BCUT2D eigenvalue weighted by atomic mass is 9.81. The molecule has 0 spiro atoms. The molecule has 0 bridgehead atoms. The Bertz CT molecular complexity index is 1160. The second-order valence-corrected chi connectivity index (χ2v) is 10.4. The molecule has 0 unspecified atom stereocenters. The number of hydrogen-bond acceptors (Lipinski definition) is 7. The summed E-state index contributed by atoms with van der Waals surface area (Å²) >= 11 is 7.11. The molecule has 1 saturated heterocycles. The number of nitro benzene ring substituents is 1. The van der Waals surface area contributed by atoms with Crippen LogP contribution in [0.1, 0.15) is 33.6 Å². The van der Waals surface area contributed by atoms with E-state index in [9.17, 15) is 29.3 Å². The van der Waals surface area contributed by atoms with Crippen molar-refractivity contribution >= 4 is 66.8 Å². The van der Waals surface area contributed by atoms with E-state index in [1.54, 1.807) is 0 Å². The van der Waals surface area contributed by atoms with Crippen molar-refractivity contribution in [3.8, 4) is 0 Å². The molecule has 1 aliphatic heterocycles.